The molecule has 0 spiro atoms. The Labute approximate surface area is 114 Å². The molecule has 0 saturated heterocycles. The second-order valence-corrected chi connectivity index (χ2v) is 5.10. The van der Waals surface area contributed by atoms with Gasteiger partial charge in [0.25, 0.3) is 0 Å². The highest BCUT2D eigenvalue weighted by molar-refractivity contribution is 4.65. The van der Waals surface area contributed by atoms with E-state index in [2.05, 4.69) is 26.1 Å². The van der Waals surface area contributed by atoms with E-state index in [0.29, 0.717) is 12.1 Å². The van der Waals surface area contributed by atoms with Gasteiger partial charge in [0.2, 0.25) is 0 Å². The molecule has 3 heteroatoms. The van der Waals surface area contributed by atoms with Crippen LogP contribution in [0.3, 0.4) is 0 Å². The molecule has 18 heavy (non-hydrogen) atoms. The van der Waals surface area contributed by atoms with Gasteiger partial charge in [-0.2, -0.15) is 0 Å². The number of hydrogen-bond acceptors (Lipinski definition) is 3. The smallest absolute Gasteiger partial charge is 0.0645 e. The molecular formula is C15H33NO2. The monoisotopic (exact) mass is 259 g/mol. The molecule has 0 heterocycles. The lowest BCUT2D eigenvalue weighted by Gasteiger charge is -2.20. The van der Waals surface area contributed by atoms with E-state index in [-0.39, 0.29) is 0 Å². The normalized spacial score (nSPS) is 14.7. The van der Waals surface area contributed by atoms with E-state index in [1.54, 1.807) is 7.11 Å². The van der Waals surface area contributed by atoms with Crippen molar-refractivity contribution in [3.8, 4) is 0 Å². The summed E-state index contributed by atoms with van der Waals surface area (Å²) in [5, 5.41) is 3.45. The quantitative estimate of drug-likeness (QED) is 0.514. The van der Waals surface area contributed by atoms with Gasteiger partial charge in [0.05, 0.1) is 25.4 Å². The van der Waals surface area contributed by atoms with Crippen molar-refractivity contribution in [2.24, 2.45) is 0 Å². The standard InChI is InChI=1S/C15H33NO2/c1-5-7-8-9-10-14(3)18-13-15(12-17-4)16-11-6-2/h14-16H,5-13H2,1-4H3. The largest absolute Gasteiger partial charge is 0.383 e. The number of unbranched alkanes of at least 4 members (excludes halogenated alkanes) is 3. The molecule has 0 fully saturated rings. The first-order valence-corrected chi connectivity index (χ1v) is 7.58. The Balaban J connectivity index is 3.60. The second-order valence-electron chi connectivity index (χ2n) is 5.10. The van der Waals surface area contributed by atoms with Gasteiger partial charge in [-0.1, -0.05) is 39.5 Å². The van der Waals surface area contributed by atoms with Gasteiger partial charge in [-0.3, -0.25) is 0 Å². The van der Waals surface area contributed by atoms with Crippen LogP contribution in [0.2, 0.25) is 0 Å². The Morgan fingerprint density at radius 3 is 2.39 bits per heavy atom. The van der Waals surface area contributed by atoms with E-state index < -0.39 is 0 Å². The molecule has 0 aromatic heterocycles. The maximum Gasteiger partial charge on any atom is 0.0645 e. The van der Waals surface area contributed by atoms with E-state index in [4.69, 9.17) is 9.47 Å². The number of rotatable bonds is 13. The van der Waals surface area contributed by atoms with E-state index in [1.165, 1.54) is 32.1 Å². The van der Waals surface area contributed by atoms with Crippen LogP contribution in [0.15, 0.2) is 0 Å². The fraction of sp³-hybridized carbons (Fsp3) is 1.00. The van der Waals surface area contributed by atoms with E-state index in [0.717, 1.165) is 26.2 Å². The summed E-state index contributed by atoms with van der Waals surface area (Å²) in [6.45, 7) is 9.10. The second kappa shape index (κ2) is 13.3. The van der Waals surface area contributed by atoms with Crippen LogP contribution < -0.4 is 5.32 Å². The summed E-state index contributed by atoms with van der Waals surface area (Å²) in [5.41, 5.74) is 0. The molecule has 0 rings (SSSR count). The van der Waals surface area contributed by atoms with E-state index >= 15 is 0 Å². The number of ether oxygens (including phenoxy) is 2. The Hall–Kier alpha value is -0.120. The van der Waals surface area contributed by atoms with Crippen molar-refractivity contribution in [2.75, 3.05) is 26.9 Å². The van der Waals surface area contributed by atoms with Crippen molar-refractivity contribution < 1.29 is 9.47 Å². The van der Waals surface area contributed by atoms with Crippen molar-refractivity contribution in [3.63, 3.8) is 0 Å². The molecule has 0 radical (unpaired) electrons. The molecule has 0 aliphatic carbocycles. The lowest BCUT2D eigenvalue weighted by Crippen LogP contribution is -2.38. The van der Waals surface area contributed by atoms with Crippen molar-refractivity contribution in [1.29, 1.82) is 0 Å². The first kappa shape index (κ1) is 17.9. The molecule has 3 nitrogen and oxygen atoms in total. The Bertz CT molecular complexity index is 165. The number of hydrogen-bond donors (Lipinski definition) is 1. The van der Waals surface area contributed by atoms with Gasteiger partial charge in [0, 0.05) is 7.11 Å². The highest BCUT2D eigenvalue weighted by Gasteiger charge is 2.10. The Morgan fingerprint density at radius 1 is 1.00 bits per heavy atom. The zero-order valence-corrected chi connectivity index (χ0v) is 12.8. The minimum atomic E-state index is 0.327. The summed E-state index contributed by atoms with van der Waals surface area (Å²) in [4.78, 5) is 0. The molecule has 2 atom stereocenters. The van der Waals surface area contributed by atoms with Crippen LogP contribution in [0, 0.1) is 0 Å². The van der Waals surface area contributed by atoms with Gasteiger partial charge in [-0.15, -0.1) is 0 Å². The fourth-order valence-corrected chi connectivity index (χ4v) is 1.94. The van der Waals surface area contributed by atoms with Gasteiger partial charge in [-0.25, -0.2) is 0 Å². The predicted octanol–water partition coefficient (Wildman–Crippen LogP) is 3.38. The number of nitrogens with one attached hydrogen (secondary N) is 1. The average Bonchev–Trinajstić information content (AvgIpc) is 2.38. The molecule has 1 N–H and O–H groups in total. The third-order valence-corrected chi connectivity index (χ3v) is 3.10. The first-order chi connectivity index (χ1) is 8.74. The van der Waals surface area contributed by atoms with Crippen LogP contribution in [0.1, 0.15) is 59.3 Å². The van der Waals surface area contributed by atoms with Crippen LogP contribution in [0.5, 0.6) is 0 Å². The topological polar surface area (TPSA) is 30.5 Å². The maximum absolute atomic E-state index is 5.89. The Kier molecular flexibility index (Phi) is 13.2. The molecular weight excluding hydrogens is 226 g/mol. The van der Waals surface area contributed by atoms with E-state index in [9.17, 15) is 0 Å². The molecule has 0 saturated carbocycles. The SMILES string of the molecule is CCCCCCC(C)OCC(COC)NCCC. The van der Waals surface area contributed by atoms with Gasteiger partial charge in [0.1, 0.15) is 0 Å². The molecule has 0 bridgehead atoms. The summed E-state index contributed by atoms with van der Waals surface area (Å²) in [5.74, 6) is 0. The summed E-state index contributed by atoms with van der Waals surface area (Å²) in [7, 11) is 1.74. The summed E-state index contributed by atoms with van der Waals surface area (Å²) in [6.07, 6.45) is 7.94. The minimum absolute atomic E-state index is 0.327. The summed E-state index contributed by atoms with van der Waals surface area (Å²) >= 11 is 0. The average molecular weight is 259 g/mol. The molecule has 110 valence electrons. The molecule has 0 aliphatic heterocycles. The third-order valence-electron chi connectivity index (χ3n) is 3.10. The molecule has 0 amide bonds. The van der Waals surface area contributed by atoms with Crippen LogP contribution >= 0.6 is 0 Å². The van der Waals surface area contributed by atoms with Crippen molar-refractivity contribution in [3.05, 3.63) is 0 Å². The van der Waals surface area contributed by atoms with Gasteiger partial charge in [-0.05, 0) is 26.3 Å². The van der Waals surface area contributed by atoms with Crippen LogP contribution in [-0.2, 0) is 9.47 Å². The van der Waals surface area contributed by atoms with Gasteiger partial charge < -0.3 is 14.8 Å². The molecule has 0 aromatic rings. The highest BCUT2D eigenvalue weighted by Crippen LogP contribution is 2.08. The summed E-state index contributed by atoms with van der Waals surface area (Å²) in [6, 6.07) is 0.327. The highest BCUT2D eigenvalue weighted by atomic mass is 16.5. The minimum Gasteiger partial charge on any atom is -0.383 e. The van der Waals surface area contributed by atoms with Crippen LogP contribution in [-0.4, -0.2) is 39.0 Å². The third kappa shape index (κ3) is 11.0. The maximum atomic E-state index is 5.89. The zero-order chi connectivity index (χ0) is 13.6. The molecule has 2 unspecified atom stereocenters. The Morgan fingerprint density at radius 2 is 1.78 bits per heavy atom. The zero-order valence-electron chi connectivity index (χ0n) is 12.8. The van der Waals surface area contributed by atoms with Gasteiger partial charge >= 0.3 is 0 Å². The van der Waals surface area contributed by atoms with Gasteiger partial charge in [0.15, 0.2) is 0 Å². The van der Waals surface area contributed by atoms with Crippen molar-refractivity contribution in [2.45, 2.75) is 71.4 Å². The van der Waals surface area contributed by atoms with Crippen molar-refractivity contribution >= 4 is 0 Å². The fourth-order valence-electron chi connectivity index (χ4n) is 1.94. The van der Waals surface area contributed by atoms with Crippen molar-refractivity contribution in [1.82, 2.24) is 5.32 Å². The lowest BCUT2D eigenvalue weighted by molar-refractivity contribution is 0.0252. The molecule has 0 aliphatic rings. The first-order valence-electron chi connectivity index (χ1n) is 7.58. The predicted molar refractivity (Wildman–Crippen MR) is 78.1 cm³/mol. The van der Waals surface area contributed by atoms with E-state index in [1.807, 2.05) is 0 Å². The van der Waals surface area contributed by atoms with Crippen LogP contribution in [0.4, 0.5) is 0 Å². The summed E-state index contributed by atoms with van der Waals surface area (Å²) < 4.78 is 11.1. The lowest BCUT2D eigenvalue weighted by atomic mass is 10.1. The number of methoxy groups -OCH3 is 1. The molecule has 0 aromatic carbocycles. The van der Waals surface area contributed by atoms with Crippen LogP contribution in [0.25, 0.3) is 0 Å².